The van der Waals surface area contributed by atoms with Crippen molar-refractivity contribution in [1.29, 1.82) is 0 Å². The summed E-state index contributed by atoms with van der Waals surface area (Å²) in [5.41, 5.74) is 5.33. The van der Waals surface area contributed by atoms with Crippen LogP contribution in [0.3, 0.4) is 0 Å². The molecular weight excluding hydrogens is 276 g/mol. The fraction of sp³-hybridized carbons (Fsp3) is 0.400. The van der Waals surface area contributed by atoms with Crippen molar-refractivity contribution in [2.45, 2.75) is 22.8 Å². The molecule has 0 saturated carbocycles. The number of benzene rings is 1. The Morgan fingerprint density at radius 2 is 1.56 bits per heavy atom. The third-order valence-corrected chi connectivity index (χ3v) is 5.01. The molecule has 0 fully saturated rings. The molecule has 3 N–H and O–H groups in total. The highest BCUT2D eigenvalue weighted by Gasteiger charge is 2.17. The van der Waals surface area contributed by atoms with E-state index in [1.807, 2.05) is 0 Å². The lowest BCUT2D eigenvalue weighted by Crippen LogP contribution is -2.37. The number of hydrogen-bond acceptors (Lipinski definition) is 5. The molecule has 6 nitrogen and oxygen atoms in total. The zero-order valence-corrected chi connectivity index (χ0v) is 11.8. The lowest BCUT2D eigenvalue weighted by molar-refractivity contribution is 0.562. The number of sulfonamides is 1. The summed E-state index contributed by atoms with van der Waals surface area (Å²) in [5, 5.41) is 0. The van der Waals surface area contributed by atoms with Crippen molar-refractivity contribution in [3.8, 4) is 0 Å². The van der Waals surface area contributed by atoms with Crippen molar-refractivity contribution >= 4 is 19.9 Å². The van der Waals surface area contributed by atoms with Gasteiger partial charge < -0.3 is 5.73 Å². The molecule has 1 aromatic rings. The van der Waals surface area contributed by atoms with Crippen LogP contribution in [-0.4, -0.2) is 35.7 Å². The molecule has 0 radical (unpaired) electrons. The molecule has 0 spiro atoms. The van der Waals surface area contributed by atoms with Gasteiger partial charge in [-0.1, -0.05) is 0 Å². The number of nitrogens with two attached hydrogens (primary N) is 1. The molecule has 0 aliphatic rings. The van der Waals surface area contributed by atoms with Crippen LogP contribution in [0, 0.1) is 0 Å². The number of hydrogen-bond donors (Lipinski definition) is 2. The lowest BCUT2D eigenvalue weighted by atomic mass is 10.4. The van der Waals surface area contributed by atoms with Gasteiger partial charge in [-0.05, 0) is 31.2 Å². The Bertz CT molecular complexity index is 606. The molecule has 1 atom stereocenters. The van der Waals surface area contributed by atoms with Gasteiger partial charge in [0.05, 0.1) is 9.79 Å². The van der Waals surface area contributed by atoms with Gasteiger partial charge >= 0.3 is 0 Å². The van der Waals surface area contributed by atoms with E-state index in [4.69, 9.17) is 5.73 Å². The quantitative estimate of drug-likeness (QED) is 0.776. The second-order valence-electron chi connectivity index (χ2n) is 4.00. The van der Waals surface area contributed by atoms with Gasteiger partial charge in [0, 0.05) is 18.8 Å². The molecule has 102 valence electrons. The SMILES string of the molecule is C[C@H](CN)NS(=O)(=O)c1ccc(S(C)(=O)=O)cc1. The minimum Gasteiger partial charge on any atom is -0.329 e. The predicted octanol–water partition coefficient (Wildman–Crippen LogP) is -0.284. The largest absolute Gasteiger partial charge is 0.329 e. The molecule has 0 unspecified atom stereocenters. The second-order valence-corrected chi connectivity index (χ2v) is 7.73. The van der Waals surface area contributed by atoms with Crippen LogP contribution in [0.1, 0.15) is 6.92 Å². The molecule has 0 aromatic heterocycles. The summed E-state index contributed by atoms with van der Waals surface area (Å²) in [4.78, 5) is 0.0866. The minimum atomic E-state index is -3.66. The molecule has 0 heterocycles. The highest BCUT2D eigenvalue weighted by molar-refractivity contribution is 7.90. The van der Waals surface area contributed by atoms with E-state index in [-0.39, 0.29) is 22.4 Å². The van der Waals surface area contributed by atoms with Crippen LogP contribution in [0.15, 0.2) is 34.1 Å². The number of sulfone groups is 1. The summed E-state index contributed by atoms with van der Waals surface area (Å²) < 4.78 is 48.5. The van der Waals surface area contributed by atoms with Crippen molar-refractivity contribution in [2.75, 3.05) is 12.8 Å². The van der Waals surface area contributed by atoms with Gasteiger partial charge in [-0.2, -0.15) is 0 Å². The van der Waals surface area contributed by atoms with Crippen LogP contribution in [0.4, 0.5) is 0 Å². The van der Waals surface area contributed by atoms with Gasteiger partial charge in [-0.3, -0.25) is 0 Å². The Balaban J connectivity index is 3.06. The Morgan fingerprint density at radius 3 is 1.94 bits per heavy atom. The van der Waals surface area contributed by atoms with Crippen molar-refractivity contribution < 1.29 is 16.8 Å². The summed E-state index contributed by atoms with van der Waals surface area (Å²) >= 11 is 0. The van der Waals surface area contributed by atoms with Crippen LogP contribution in [0.25, 0.3) is 0 Å². The van der Waals surface area contributed by atoms with Crippen LogP contribution < -0.4 is 10.5 Å². The topological polar surface area (TPSA) is 106 Å². The fourth-order valence-electron chi connectivity index (χ4n) is 1.25. The average molecular weight is 292 g/mol. The monoisotopic (exact) mass is 292 g/mol. The van der Waals surface area contributed by atoms with E-state index in [1.165, 1.54) is 24.3 Å². The van der Waals surface area contributed by atoms with Crippen LogP contribution in [0.5, 0.6) is 0 Å². The van der Waals surface area contributed by atoms with E-state index in [0.717, 1.165) is 6.26 Å². The molecule has 18 heavy (non-hydrogen) atoms. The number of rotatable bonds is 5. The molecule has 0 aliphatic carbocycles. The molecule has 0 aliphatic heterocycles. The van der Waals surface area contributed by atoms with E-state index in [1.54, 1.807) is 6.92 Å². The molecule has 0 bridgehead atoms. The van der Waals surface area contributed by atoms with E-state index < -0.39 is 19.9 Å². The van der Waals surface area contributed by atoms with Crippen LogP contribution in [0.2, 0.25) is 0 Å². The maximum atomic E-state index is 11.8. The lowest BCUT2D eigenvalue weighted by Gasteiger charge is -2.12. The first-order valence-electron chi connectivity index (χ1n) is 5.19. The van der Waals surface area contributed by atoms with Gasteiger partial charge in [-0.15, -0.1) is 0 Å². The van der Waals surface area contributed by atoms with Crippen LogP contribution >= 0.6 is 0 Å². The highest BCUT2D eigenvalue weighted by Crippen LogP contribution is 2.14. The Labute approximate surface area is 107 Å². The fourth-order valence-corrected chi connectivity index (χ4v) is 3.13. The van der Waals surface area contributed by atoms with Crippen LogP contribution in [-0.2, 0) is 19.9 Å². The molecule has 1 rings (SSSR count). The maximum absolute atomic E-state index is 11.8. The van der Waals surface area contributed by atoms with E-state index in [9.17, 15) is 16.8 Å². The van der Waals surface area contributed by atoms with Gasteiger partial charge in [-0.25, -0.2) is 21.6 Å². The van der Waals surface area contributed by atoms with E-state index in [2.05, 4.69) is 4.72 Å². The summed E-state index contributed by atoms with van der Waals surface area (Å²) in [6.07, 6.45) is 1.06. The second kappa shape index (κ2) is 5.35. The van der Waals surface area contributed by atoms with Gasteiger partial charge in [0.2, 0.25) is 10.0 Å². The first-order valence-corrected chi connectivity index (χ1v) is 8.57. The minimum absolute atomic E-state index is 0.00944. The molecule has 0 amide bonds. The van der Waals surface area contributed by atoms with Crippen molar-refractivity contribution in [3.63, 3.8) is 0 Å². The van der Waals surface area contributed by atoms with Gasteiger partial charge in [0.25, 0.3) is 0 Å². The smallest absolute Gasteiger partial charge is 0.240 e. The first-order chi connectivity index (χ1) is 8.16. The zero-order valence-electron chi connectivity index (χ0n) is 10.1. The third kappa shape index (κ3) is 3.77. The predicted molar refractivity (Wildman–Crippen MR) is 68.4 cm³/mol. The standard InChI is InChI=1S/C10H16N2O4S2/c1-8(7-11)12-18(15,16)10-5-3-9(4-6-10)17(2,13)14/h3-6,8,12H,7,11H2,1-2H3/t8-/m1/s1. The third-order valence-electron chi connectivity index (χ3n) is 2.27. The van der Waals surface area contributed by atoms with Crippen molar-refractivity contribution in [1.82, 2.24) is 4.72 Å². The summed E-state index contributed by atoms with van der Waals surface area (Å²) in [6, 6.07) is 4.64. The first kappa shape index (κ1) is 15.1. The molecule has 1 aromatic carbocycles. The van der Waals surface area contributed by atoms with Crippen molar-refractivity contribution in [2.24, 2.45) is 5.73 Å². The van der Waals surface area contributed by atoms with Gasteiger partial charge in [0.15, 0.2) is 9.84 Å². The number of nitrogens with one attached hydrogen (secondary N) is 1. The normalized spacial score (nSPS) is 14.4. The Morgan fingerprint density at radius 1 is 1.11 bits per heavy atom. The average Bonchev–Trinajstić information content (AvgIpc) is 2.27. The van der Waals surface area contributed by atoms with Crippen molar-refractivity contribution in [3.05, 3.63) is 24.3 Å². The summed E-state index contributed by atoms with van der Waals surface area (Å²) in [7, 11) is -6.99. The molecule has 0 saturated heterocycles. The van der Waals surface area contributed by atoms with Gasteiger partial charge in [0.1, 0.15) is 0 Å². The maximum Gasteiger partial charge on any atom is 0.240 e. The Kier molecular flexibility index (Phi) is 4.49. The van der Waals surface area contributed by atoms with E-state index in [0.29, 0.717) is 0 Å². The Hall–Kier alpha value is -0.960. The molecular formula is C10H16N2O4S2. The highest BCUT2D eigenvalue weighted by atomic mass is 32.2. The van der Waals surface area contributed by atoms with E-state index >= 15 is 0 Å². The summed E-state index contributed by atoms with van der Waals surface area (Å²) in [5.74, 6) is 0. The zero-order chi connectivity index (χ0) is 14.0. The molecule has 8 heteroatoms. The summed E-state index contributed by atoms with van der Waals surface area (Å²) in [6.45, 7) is 1.82.